The van der Waals surface area contributed by atoms with Crippen molar-refractivity contribution in [3.05, 3.63) is 65.7 Å². The van der Waals surface area contributed by atoms with Gasteiger partial charge in [-0.3, -0.25) is 4.79 Å². The van der Waals surface area contributed by atoms with Gasteiger partial charge >= 0.3 is 0 Å². The molecule has 0 aliphatic rings. The summed E-state index contributed by atoms with van der Waals surface area (Å²) in [5.41, 5.74) is 3.05. The normalized spacial score (nSPS) is 10.5. The number of amides is 1. The van der Waals surface area contributed by atoms with E-state index in [9.17, 15) is 9.18 Å². The Morgan fingerprint density at radius 3 is 2.83 bits per heavy atom. The SMILES string of the molecule is Cc1cc(NC(=O)Cc2cccc(F)c2)ccc1-n1cnnn1. The summed E-state index contributed by atoms with van der Waals surface area (Å²) in [6.45, 7) is 1.90. The molecule has 3 rings (SSSR count). The smallest absolute Gasteiger partial charge is 0.228 e. The number of carbonyl (C=O) groups is 1. The number of benzene rings is 2. The molecule has 1 heterocycles. The summed E-state index contributed by atoms with van der Waals surface area (Å²) in [4.78, 5) is 12.0. The molecule has 1 aromatic heterocycles. The number of aromatic nitrogens is 4. The fourth-order valence-electron chi connectivity index (χ4n) is 2.30. The zero-order chi connectivity index (χ0) is 16.2. The molecule has 0 bridgehead atoms. The van der Waals surface area contributed by atoms with Crippen LogP contribution in [-0.2, 0) is 11.2 Å². The Labute approximate surface area is 132 Å². The van der Waals surface area contributed by atoms with Gasteiger partial charge in [-0.25, -0.2) is 9.07 Å². The van der Waals surface area contributed by atoms with E-state index in [4.69, 9.17) is 0 Å². The lowest BCUT2D eigenvalue weighted by Crippen LogP contribution is -2.14. The molecule has 0 atom stereocenters. The summed E-state index contributed by atoms with van der Waals surface area (Å²) in [7, 11) is 0. The molecule has 23 heavy (non-hydrogen) atoms. The van der Waals surface area contributed by atoms with Gasteiger partial charge in [0.15, 0.2) is 0 Å². The Hall–Kier alpha value is -3.09. The lowest BCUT2D eigenvalue weighted by atomic mass is 10.1. The molecule has 0 unspecified atom stereocenters. The van der Waals surface area contributed by atoms with Crippen LogP contribution < -0.4 is 5.32 Å². The van der Waals surface area contributed by atoms with E-state index in [2.05, 4.69) is 20.8 Å². The molecule has 116 valence electrons. The summed E-state index contributed by atoms with van der Waals surface area (Å²) in [6.07, 6.45) is 1.62. The van der Waals surface area contributed by atoms with E-state index in [1.165, 1.54) is 18.5 Å². The second kappa shape index (κ2) is 6.35. The van der Waals surface area contributed by atoms with Gasteiger partial charge in [-0.15, -0.1) is 5.10 Å². The molecule has 0 saturated heterocycles. The number of hydrogen-bond donors (Lipinski definition) is 1. The number of carbonyl (C=O) groups excluding carboxylic acids is 1. The Morgan fingerprint density at radius 1 is 1.26 bits per heavy atom. The first-order valence-electron chi connectivity index (χ1n) is 7.00. The van der Waals surface area contributed by atoms with Crippen molar-refractivity contribution < 1.29 is 9.18 Å². The van der Waals surface area contributed by atoms with Gasteiger partial charge in [0, 0.05) is 5.69 Å². The van der Waals surface area contributed by atoms with Crippen LogP contribution in [0.2, 0.25) is 0 Å². The van der Waals surface area contributed by atoms with Gasteiger partial charge in [0.25, 0.3) is 0 Å². The van der Waals surface area contributed by atoms with E-state index in [0.717, 1.165) is 11.3 Å². The van der Waals surface area contributed by atoms with E-state index < -0.39 is 0 Å². The fraction of sp³-hybridized carbons (Fsp3) is 0.125. The maximum atomic E-state index is 13.1. The monoisotopic (exact) mass is 311 g/mol. The third-order valence-electron chi connectivity index (χ3n) is 3.33. The number of aryl methyl sites for hydroxylation is 1. The first-order chi connectivity index (χ1) is 11.1. The number of tetrazole rings is 1. The van der Waals surface area contributed by atoms with Gasteiger partial charge in [-0.1, -0.05) is 12.1 Å². The molecule has 0 aliphatic carbocycles. The van der Waals surface area contributed by atoms with Crippen LogP contribution in [0.15, 0.2) is 48.8 Å². The summed E-state index contributed by atoms with van der Waals surface area (Å²) >= 11 is 0. The standard InChI is InChI=1S/C16H14FN5O/c1-11-7-14(5-6-15(11)22-10-18-20-21-22)19-16(23)9-12-3-2-4-13(17)8-12/h2-8,10H,9H2,1H3,(H,19,23). The molecule has 1 N–H and O–H groups in total. The van der Waals surface area contributed by atoms with Gasteiger partial charge < -0.3 is 5.32 Å². The quantitative estimate of drug-likeness (QED) is 0.802. The zero-order valence-electron chi connectivity index (χ0n) is 12.4. The molecule has 0 radical (unpaired) electrons. The average molecular weight is 311 g/mol. The number of nitrogens with zero attached hydrogens (tertiary/aromatic N) is 4. The highest BCUT2D eigenvalue weighted by Crippen LogP contribution is 2.18. The van der Waals surface area contributed by atoms with Crippen LogP contribution in [0.25, 0.3) is 5.69 Å². The van der Waals surface area contributed by atoms with Crippen molar-refractivity contribution in [2.75, 3.05) is 5.32 Å². The van der Waals surface area contributed by atoms with E-state index in [0.29, 0.717) is 11.3 Å². The highest BCUT2D eigenvalue weighted by atomic mass is 19.1. The van der Waals surface area contributed by atoms with Crippen LogP contribution in [0.4, 0.5) is 10.1 Å². The zero-order valence-corrected chi connectivity index (χ0v) is 12.4. The van der Waals surface area contributed by atoms with Crippen LogP contribution in [0.3, 0.4) is 0 Å². The number of hydrogen-bond acceptors (Lipinski definition) is 4. The number of anilines is 1. The molecule has 0 fully saturated rings. The Kier molecular flexibility index (Phi) is 4.09. The maximum Gasteiger partial charge on any atom is 0.228 e. The largest absolute Gasteiger partial charge is 0.326 e. The van der Waals surface area contributed by atoms with E-state index in [-0.39, 0.29) is 18.1 Å². The van der Waals surface area contributed by atoms with Gasteiger partial charge in [-0.2, -0.15) is 0 Å². The highest BCUT2D eigenvalue weighted by Gasteiger charge is 2.08. The van der Waals surface area contributed by atoms with Crippen molar-refractivity contribution in [1.29, 1.82) is 0 Å². The van der Waals surface area contributed by atoms with E-state index >= 15 is 0 Å². The number of halogens is 1. The second-order valence-electron chi connectivity index (χ2n) is 5.11. The molecule has 3 aromatic rings. The Balaban J connectivity index is 1.70. The van der Waals surface area contributed by atoms with Crippen LogP contribution in [0.1, 0.15) is 11.1 Å². The average Bonchev–Trinajstić information content (AvgIpc) is 3.01. The molecule has 0 saturated carbocycles. The third-order valence-corrected chi connectivity index (χ3v) is 3.33. The topological polar surface area (TPSA) is 72.7 Å². The molecule has 0 aliphatic heterocycles. The maximum absolute atomic E-state index is 13.1. The summed E-state index contributed by atoms with van der Waals surface area (Å²) < 4.78 is 14.7. The summed E-state index contributed by atoms with van der Waals surface area (Å²) in [5, 5.41) is 13.8. The van der Waals surface area contributed by atoms with Gasteiger partial charge in [0.1, 0.15) is 12.1 Å². The third kappa shape index (κ3) is 3.57. The van der Waals surface area contributed by atoms with E-state index in [1.54, 1.807) is 22.9 Å². The molecule has 7 heteroatoms. The van der Waals surface area contributed by atoms with Crippen molar-refractivity contribution in [3.63, 3.8) is 0 Å². The Bertz CT molecular complexity index is 832. The minimum Gasteiger partial charge on any atom is -0.326 e. The van der Waals surface area contributed by atoms with Crippen molar-refractivity contribution in [1.82, 2.24) is 20.2 Å². The molecule has 6 nitrogen and oxygen atoms in total. The predicted octanol–water partition coefficient (Wildman–Crippen LogP) is 2.29. The number of nitrogens with one attached hydrogen (secondary N) is 1. The molecule has 2 aromatic carbocycles. The fourth-order valence-corrected chi connectivity index (χ4v) is 2.30. The van der Waals surface area contributed by atoms with Crippen LogP contribution in [-0.4, -0.2) is 26.1 Å². The number of rotatable bonds is 4. The Morgan fingerprint density at radius 2 is 2.13 bits per heavy atom. The van der Waals surface area contributed by atoms with Crippen molar-refractivity contribution >= 4 is 11.6 Å². The summed E-state index contributed by atoms with van der Waals surface area (Å²) in [6, 6.07) is 11.4. The highest BCUT2D eigenvalue weighted by molar-refractivity contribution is 5.92. The molecule has 0 spiro atoms. The van der Waals surface area contributed by atoms with Gasteiger partial charge in [0.05, 0.1) is 12.1 Å². The van der Waals surface area contributed by atoms with Gasteiger partial charge in [-0.05, 0) is 58.8 Å². The minimum absolute atomic E-state index is 0.117. The van der Waals surface area contributed by atoms with Gasteiger partial charge in [0.2, 0.25) is 5.91 Å². The minimum atomic E-state index is -0.350. The van der Waals surface area contributed by atoms with Crippen LogP contribution >= 0.6 is 0 Å². The van der Waals surface area contributed by atoms with Crippen molar-refractivity contribution in [3.8, 4) is 5.69 Å². The summed E-state index contributed by atoms with van der Waals surface area (Å²) in [5.74, 6) is -0.554. The van der Waals surface area contributed by atoms with Crippen molar-refractivity contribution in [2.45, 2.75) is 13.3 Å². The van der Waals surface area contributed by atoms with E-state index in [1.807, 2.05) is 19.1 Å². The molecular weight excluding hydrogens is 297 g/mol. The lowest BCUT2D eigenvalue weighted by Gasteiger charge is -2.09. The molecule has 1 amide bonds. The van der Waals surface area contributed by atoms with Crippen LogP contribution in [0.5, 0.6) is 0 Å². The predicted molar refractivity (Wildman–Crippen MR) is 82.6 cm³/mol. The molecular formula is C16H14FN5O. The lowest BCUT2D eigenvalue weighted by molar-refractivity contribution is -0.115. The first-order valence-corrected chi connectivity index (χ1v) is 7.00. The first kappa shape index (κ1) is 14.8. The van der Waals surface area contributed by atoms with Crippen molar-refractivity contribution in [2.24, 2.45) is 0 Å². The van der Waals surface area contributed by atoms with Crippen LogP contribution in [0, 0.1) is 12.7 Å². The second-order valence-corrected chi connectivity index (χ2v) is 5.11.